The first kappa shape index (κ1) is 16.2. The first-order valence-electron chi connectivity index (χ1n) is 6.05. The Balaban J connectivity index is 2.56. The van der Waals surface area contributed by atoms with E-state index in [0.29, 0.717) is 5.56 Å². The minimum atomic E-state index is -1.17. The molecule has 2 amide bonds. The Kier molecular flexibility index (Phi) is 5.87. The number of non-ortho nitro benzene ring substituents is 1. The van der Waals surface area contributed by atoms with Crippen LogP contribution < -0.4 is 10.6 Å². The highest BCUT2D eigenvalue weighted by Crippen LogP contribution is 2.12. The molecule has 0 saturated carbocycles. The van der Waals surface area contributed by atoms with Crippen LogP contribution in [0.15, 0.2) is 36.9 Å². The van der Waals surface area contributed by atoms with Crippen LogP contribution in [-0.2, 0) is 11.3 Å². The highest BCUT2D eigenvalue weighted by molar-refractivity contribution is 5.82. The molecule has 8 nitrogen and oxygen atoms in total. The van der Waals surface area contributed by atoms with Gasteiger partial charge in [0.2, 0.25) is 0 Å². The highest BCUT2D eigenvalue weighted by Gasteiger charge is 2.17. The topological polar surface area (TPSA) is 122 Å². The zero-order chi connectivity index (χ0) is 15.8. The van der Waals surface area contributed by atoms with E-state index in [9.17, 15) is 19.7 Å². The summed E-state index contributed by atoms with van der Waals surface area (Å²) in [6, 6.07) is 4.06. The van der Waals surface area contributed by atoms with Gasteiger partial charge in [0.05, 0.1) is 4.92 Å². The van der Waals surface area contributed by atoms with Crippen LogP contribution in [0.25, 0.3) is 0 Å². The summed E-state index contributed by atoms with van der Waals surface area (Å²) in [5, 5.41) is 24.2. The quantitative estimate of drug-likeness (QED) is 0.399. The maximum Gasteiger partial charge on any atom is 0.326 e. The summed E-state index contributed by atoms with van der Waals surface area (Å²) in [6.45, 7) is 3.46. The van der Waals surface area contributed by atoms with Gasteiger partial charge < -0.3 is 15.7 Å². The Hall–Kier alpha value is -2.90. The van der Waals surface area contributed by atoms with Gasteiger partial charge in [-0.15, -0.1) is 6.58 Å². The number of carboxylic acids is 1. The zero-order valence-corrected chi connectivity index (χ0v) is 11.1. The lowest BCUT2D eigenvalue weighted by Gasteiger charge is -2.13. The molecule has 0 radical (unpaired) electrons. The number of nitro benzene ring substituents is 1. The fourth-order valence-electron chi connectivity index (χ4n) is 1.56. The number of amides is 2. The van der Waals surface area contributed by atoms with Crippen LogP contribution in [0.2, 0.25) is 0 Å². The second-order valence-corrected chi connectivity index (χ2v) is 4.17. The first-order valence-corrected chi connectivity index (χ1v) is 6.05. The average molecular weight is 293 g/mol. The van der Waals surface area contributed by atoms with Crippen molar-refractivity contribution in [2.75, 3.05) is 0 Å². The van der Waals surface area contributed by atoms with Crippen LogP contribution >= 0.6 is 0 Å². The summed E-state index contributed by atoms with van der Waals surface area (Å²) in [4.78, 5) is 32.5. The molecule has 0 aromatic heterocycles. The summed E-state index contributed by atoms with van der Waals surface area (Å²) in [5.41, 5.74) is 0.458. The first-order chi connectivity index (χ1) is 9.93. The van der Waals surface area contributed by atoms with E-state index in [-0.39, 0.29) is 18.7 Å². The van der Waals surface area contributed by atoms with Gasteiger partial charge in [-0.1, -0.05) is 18.2 Å². The van der Waals surface area contributed by atoms with Gasteiger partial charge in [0.15, 0.2) is 0 Å². The number of carboxylic acid groups (broad SMARTS) is 1. The predicted molar refractivity (Wildman–Crippen MR) is 74.7 cm³/mol. The Labute approximate surface area is 120 Å². The van der Waals surface area contributed by atoms with E-state index >= 15 is 0 Å². The number of hydrogen-bond donors (Lipinski definition) is 3. The number of aliphatic carboxylic acids is 1. The molecule has 0 heterocycles. The van der Waals surface area contributed by atoms with Crippen molar-refractivity contribution in [3.8, 4) is 0 Å². The number of hydrogen-bond acceptors (Lipinski definition) is 4. The Morgan fingerprint density at radius 2 is 2.19 bits per heavy atom. The van der Waals surface area contributed by atoms with Crippen molar-refractivity contribution in [3.05, 3.63) is 52.6 Å². The maximum absolute atomic E-state index is 11.6. The lowest BCUT2D eigenvalue weighted by Crippen LogP contribution is -2.45. The van der Waals surface area contributed by atoms with Crippen molar-refractivity contribution in [2.24, 2.45) is 0 Å². The SMILES string of the molecule is C=CCC(NC(=O)NCc1cccc([N+](=O)[O-])c1)C(=O)O. The Morgan fingerprint density at radius 3 is 2.76 bits per heavy atom. The third-order valence-electron chi connectivity index (χ3n) is 2.58. The van der Waals surface area contributed by atoms with Gasteiger partial charge in [0.25, 0.3) is 5.69 Å². The van der Waals surface area contributed by atoms with E-state index in [1.807, 2.05) is 0 Å². The molecule has 0 spiro atoms. The summed E-state index contributed by atoms with van der Waals surface area (Å²) in [6.07, 6.45) is 1.49. The van der Waals surface area contributed by atoms with Crippen molar-refractivity contribution >= 4 is 17.7 Å². The fraction of sp³-hybridized carbons (Fsp3) is 0.231. The lowest BCUT2D eigenvalue weighted by molar-refractivity contribution is -0.384. The fourth-order valence-corrected chi connectivity index (χ4v) is 1.56. The average Bonchev–Trinajstić information content (AvgIpc) is 2.45. The van der Waals surface area contributed by atoms with Gasteiger partial charge in [0, 0.05) is 18.7 Å². The van der Waals surface area contributed by atoms with E-state index in [1.54, 1.807) is 6.07 Å². The summed E-state index contributed by atoms with van der Waals surface area (Å²) < 4.78 is 0. The van der Waals surface area contributed by atoms with Crippen molar-refractivity contribution in [3.63, 3.8) is 0 Å². The summed E-state index contributed by atoms with van der Waals surface area (Å²) >= 11 is 0. The molecule has 112 valence electrons. The van der Waals surface area contributed by atoms with Crippen LogP contribution in [-0.4, -0.2) is 28.1 Å². The highest BCUT2D eigenvalue weighted by atomic mass is 16.6. The molecule has 0 aliphatic rings. The van der Waals surface area contributed by atoms with Crippen LogP contribution in [0.5, 0.6) is 0 Å². The minimum Gasteiger partial charge on any atom is -0.480 e. The van der Waals surface area contributed by atoms with E-state index in [1.165, 1.54) is 24.3 Å². The van der Waals surface area contributed by atoms with E-state index in [4.69, 9.17) is 5.11 Å². The molecule has 1 aromatic rings. The van der Waals surface area contributed by atoms with Crippen molar-refractivity contribution in [2.45, 2.75) is 19.0 Å². The van der Waals surface area contributed by atoms with Gasteiger partial charge in [-0.25, -0.2) is 9.59 Å². The standard InChI is InChI=1S/C13H15N3O5/c1-2-4-11(12(17)18)15-13(19)14-8-9-5-3-6-10(7-9)16(20)21/h2-3,5-7,11H,1,4,8H2,(H,17,18)(H2,14,15,19). The molecule has 0 aliphatic heterocycles. The van der Waals surface area contributed by atoms with Gasteiger partial charge >= 0.3 is 12.0 Å². The van der Waals surface area contributed by atoms with E-state index in [2.05, 4.69) is 17.2 Å². The molecule has 1 atom stereocenters. The van der Waals surface area contributed by atoms with Gasteiger partial charge in [-0.3, -0.25) is 10.1 Å². The number of benzene rings is 1. The van der Waals surface area contributed by atoms with E-state index in [0.717, 1.165) is 0 Å². The number of urea groups is 1. The molecule has 0 fully saturated rings. The monoisotopic (exact) mass is 293 g/mol. The molecule has 1 rings (SSSR count). The third-order valence-corrected chi connectivity index (χ3v) is 2.58. The van der Waals surface area contributed by atoms with Crippen LogP contribution in [0.4, 0.5) is 10.5 Å². The third kappa shape index (κ3) is 5.31. The number of carbonyl (C=O) groups is 2. The smallest absolute Gasteiger partial charge is 0.326 e. The molecule has 3 N–H and O–H groups in total. The van der Waals surface area contributed by atoms with Crippen LogP contribution in [0.1, 0.15) is 12.0 Å². The summed E-state index contributed by atoms with van der Waals surface area (Å²) in [7, 11) is 0. The Bertz CT molecular complexity index is 558. The van der Waals surface area contributed by atoms with Crippen LogP contribution in [0, 0.1) is 10.1 Å². The van der Waals surface area contributed by atoms with E-state index < -0.39 is 23.0 Å². The van der Waals surface area contributed by atoms with Crippen LogP contribution in [0.3, 0.4) is 0 Å². The molecule has 8 heteroatoms. The van der Waals surface area contributed by atoms with Gasteiger partial charge in [-0.2, -0.15) is 0 Å². The number of carbonyl (C=O) groups excluding carboxylic acids is 1. The summed E-state index contributed by atoms with van der Waals surface area (Å²) in [5.74, 6) is -1.17. The zero-order valence-electron chi connectivity index (χ0n) is 11.1. The number of nitrogens with zero attached hydrogens (tertiary/aromatic N) is 1. The second-order valence-electron chi connectivity index (χ2n) is 4.17. The number of rotatable bonds is 7. The molecular weight excluding hydrogens is 278 g/mol. The molecular formula is C13H15N3O5. The van der Waals surface area contributed by atoms with Crippen molar-refractivity contribution < 1.29 is 19.6 Å². The van der Waals surface area contributed by atoms with Crippen molar-refractivity contribution in [1.29, 1.82) is 0 Å². The van der Waals surface area contributed by atoms with Gasteiger partial charge in [-0.05, 0) is 12.0 Å². The number of nitro groups is 1. The Morgan fingerprint density at radius 1 is 1.48 bits per heavy atom. The predicted octanol–water partition coefficient (Wildman–Crippen LogP) is 1.42. The molecule has 1 aromatic carbocycles. The molecule has 0 bridgehead atoms. The second kappa shape index (κ2) is 7.63. The molecule has 0 saturated heterocycles. The van der Waals surface area contributed by atoms with Crippen molar-refractivity contribution in [1.82, 2.24) is 10.6 Å². The largest absolute Gasteiger partial charge is 0.480 e. The molecule has 1 unspecified atom stereocenters. The molecule has 0 aliphatic carbocycles. The lowest BCUT2D eigenvalue weighted by atomic mass is 10.2. The van der Waals surface area contributed by atoms with Gasteiger partial charge in [0.1, 0.15) is 6.04 Å². The molecule has 21 heavy (non-hydrogen) atoms. The normalized spacial score (nSPS) is 11.2. The number of nitrogens with one attached hydrogen (secondary N) is 2. The minimum absolute atomic E-state index is 0.0495. The maximum atomic E-state index is 11.6.